The number of aromatic nitrogens is 2. The lowest BCUT2D eigenvalue weighted by molar-refractivity contribution is 0.552. The summed E-state index contributed by atoms with van der Waals surface area (Å²) in [5, 5.41) is 3.23. The standard InChI is InChI=1S/C22H26N4S.2ClH/c1-6-26(5)14-24-20-10-15(2)19(9-16(20)3)11-22-25-21(13-27-22)18-8-7-17(4)23-12-18;;/h7-10,12-14H,6,11H2,1-5H3;2*1H. The normalized spacial score (nSPS) is 10.5. The molecule has 0 atom stereocenters. The number of benzene rings is 1. The van der Waals surface area contributed by atoms with Crippen molar-refractivity contribution in [1.82, 2.24) is 14.9 Å². The maximum atomic E-state index is 4.81. The highest BCUT2D eigenvalue weighted by atomic mass is 35.5. The molecule has 2 heterocycles. The van der Waals surface area contributed by atoms with Crippen LogP contribution in [0.4, 0.5) is 5.69 Å². The van der Waals surface area contributed by atoms with Crippen molar-refractivity contribution >= 4 is 48.2 Å². The first-order valence-electron chi connectivity index (χ1n) is 9.18. The van der Waals surface area contributed by atoms with Gasteiger partial charge in [0.1, 0.15) is 0 Å². The van der Waals surface area contributed by atoms with Gasteiger partial charge in [-0.25, -0.2) is 9.98 Å². The first kappa shape index (κ1) is 25.1. The highest BCUT2D eigenvalue weighted by molar-refractivity contribution is 7.10. The molecular weight excluding hydrogens is 423 g/mol. The molecule has 0 aliphatic carbocycles. The Bertz CT molecular complexity index is 952. The fourth-order valence-electron chi connectivity index (χ4n) is 2.74. The molecule has 3 rings (SSSR count). The Labute approximate surface area is 190 Å². The number of halogens is 2. The summed E-state index contributed by atoms with van der Waals surface area (Å²) in [6.45, 7) is 9.32. The van der Waals surface area contributed by atoms with Crippen LogP contribution in [0.2, 0.25) is 0 Å². The number of thiazole rings is 1. The smallest absolute Gasteiger partial charge is 0.0976 e. The van der Waals surface area contributed by atoms with E-state index in [0.29, 0.717) is 0 Å². The molecule has 0 unspecified atom stereocenters. The highest BCUT2D eigenvalue weighted by Gasteiger charge is 2.09. The maximum Gasteiger partial charge on any atom is 0.0976 e. The van der Waals surface area contributed by atoms with Crippen molar-refractivity contribution in [2.75, 3.05) is 13.6 Å². The van der Waals surface area contributed by atoms with E-state index in [1.54, 1.807) is 11.3 Å². The maximum absolute atomic E-state index is 4.81. The molecule has 0 fully saturated rings. The van der Waals surface area contributed by atoms with Gasteiger partial charge in [0.15, 0.2) is 0 Å². The quantitative estimate of drug-likeness (QED) is 0.332. The lowest BCUT2D eigenvalue weighted by Crippen LogP contribution is -2.14. The van der Waals surface area contributed by atoms with Crippen molar-refractivity contribution in [1.29, 1.82) is 0 Å². The summed E-state index contributed by atoms with van der Waals surface area (Å²) in [5.41, 5.74) is 7.87. The average molecular weight is 451 g/mol. The molecule has 156 valence electrons. The van der Waals surface area contributed by atoms with Crippen LogP contribution in [0.5, 0.6) is 0 Å². The molecule has 4 nitrogen and oxygen atoms in total. The minimum absolute atomic E-state index is 0. The summed E-state index contributed by atoms with van der Waals surface area (Å²) in [7, 11) is 2.03. The van der Waals surface area contributed by atoms with Crippen molar-refractivity contribution in [3.8, 4) is 11.3 Å². The number of aliphatic imine (C=N–C) groups is 1. The van der Waals surface area contributed by atoms with Gasteiger partial charge >= 0.3 is 0 Å². The molecule has 0 saturated heterocycles. The van der Waals surface area contributed by atoms with E-state index >= 15 is 0 Å². The first-order valence-corrected chi connectivity index (χ1v) is 10.1. The molecular formula is C22H28Cl2N4S. The number of nitrogens with zero attached hydrogens (tertiary/aromatic N) is 4. The monoisotopic (exact) mass is 450 g/mol. The van der Waals surface area contributed by atoms with Gasteiger partial charge in [0.05, 0.1) is 22.7 Å². The number of hydrogen-bond donors (Lipinski definition) is 0. The van der Waals surface area contributed by atoms with E-state index in [1.807, 2.05) is 32.6 Å². The van der Waals surface area contributed by atoms with Crippen molar-refractivity contribution in [3.05, 3.63) is 63.2 Å². The van der Waals surface area contributed by atoms with Gasteiger partial charge in [-0.2, -0.15) is 0 Å². The van der Waals surface area contributed by atoms with Crippen LogP contribution < -0.4 is 0 Å². The Morgan fingerprint density at radius 1 is 1.10 bits per heavy atom. The lowest BCUT2D eigenvalue weighted by Gasteiger charge is -2.11. The number of hydrogen-bond acceptors (Lipinski definition) is 4. The molecule has 0 N–H and O–H groups in total. The molecule has 29 heavy (non-hydrogen) atoms. The second-order valence-corrected chi connectivity index (χ2v) is 7.82. The Hall–Kier alpha value is -1.95. The van der Waals surface area contributed by atoms with E-state index in [1.165, 1.54) is 16.7 Å². The van der Waals surface area contributed by atoms with Gasteiger partial charge < -0.3 is 4.90 Å². The van der Waals surface area contributed by atoms with Gasteiger partial charge in [-0.05, 0) is 62.6 Å². The minimum atomic E-state index is 0. The van der Waals surface area contributed by atoms with Crippen molar-refractivity contribution < 1.29 is 0 Å². The highest BCUT2D eigenvalue weighted by Crippen LogP contribution is 2.27. The van der Waals surface area contributed by atoms with Crippen molar-refractivity contribution in [2.45, 2.75) is 34.1 Å². The zero-order chi connectivity index (χ0) is 19.4. The summed E-state index contributed by atoms with van der Waals surface area (Å²) in [5.74, 6) is 0. The predicted octanol–water partition coefficient (Wildman–Crippen LogP) is 6.18. The largest absolute Gasteiger partial charge is 0.366 e. The van der Waals surface area contributed by atoms with E-state index in [0.717, 1.165) is 40.6 Å². The van der Waals surface area contributed by atoms with E-state index in [2.05, 4.69) is 59.2 Å². The SMILES string of the molecule is CCN(C)C=Nc1cc(C)c(Cc2nc(-c3ccc(C)nc3)cs2)cc1C.Cl.Cl. The number of rotatable bonds is 6. The molecule has 7 heteroatoms. The minimum Gasteiger partial charge on any atom is -0.366 e. The van der Waals surface area contributed by atoms with Gasteiger partial charge in [-0.3, -0.25) is 4.98 Å². The van der Waals surface area contributed by atoms with E-state index < -0.39 is 0 Å². The van der Waals surface area contributed by atoms with Crippen LogP contribution in [0.15, 0.2) is 40.8 Å². The fraction of sp³-hybridized carbons (Fsp3) is 0.318. The molecule has 0 saturated carbocycles. The van der Waals surface area contributed by atoms with Crippen LogP contribution >= 0.6 is 36.2 Å². The number of pyridine rings is 1. The summed E-state index contributed by atoms with van der Waals surface area (Å²) in [6.07, 6.45) is 4.63. The summed E-state index contributed by atoms with van der Waals surface area (Å²) < 4.78 is 0. The Balaban J connectivity index is 0.00000210. The molecule has 3 aromatic rings. The zero-order valence-corrected chi connectivity index (χ0v) is 19.9. The molecule has 2 aromatic heterocycles. The molecule has 0 aliphatic rings. The number of aryl methyl sites for hydroxylation is 3. The second-order valence-electron chi connectivity index (χ2n) is 6.87. The summed E-state index contributed by atoms with van der Waals surface area (Å²) in [6, 6.07) is 8.51. The Morgan fingerprint density at radius 2 is 1.86 bits per heavy atom. The van der Waals surface area contributed by atoms with Crippen LogP contribution in [0, 0.1) is 20.8 Å². The second kappa shape index (κ2) is 11.3. The first-order chi connectivity index (χ1) is 13.0. The third-order valence-electron chi connectivity index (χ3n) is 4.65. The van der Waals surface area contributed by atoms with E-state index in [-0.39, 0.29) is 24.8 Å². The van der Waals surface area contributed by atoms with Crippen LogP contribution in [0.25, 0.3) is 11.3 Å². The zero-order valence-electron chi connectivity index (χ0n) is 17.5. The summed E-state index contributed by atoms with van der Waals surface area (Å²) >= 11 is 1.70. The molecule has 0 radical (unpaired) electrons. The average Bonchev–Trinajstić information content (AvgIpc) is 3.12. The van der Waals surface area contributed by atoms with Gasteiger partial charge in [-0.15, -0.1) is 36.2 Å². The Kier molecular flexibility index (Phi) is 9.77. The van der Waals surface area contributed by atoms with E-state index in [9.17, 15) is 0 Å². The van der Waals surface area contributed by atoms with Crippen molar-refractivity contribution in [3.63, 3.8) is 0 Å². The molecule has 0 amide bonds. The topological polar surface area (TPSA) is 41.4 Å². The third-order valence-corrected chi connectivity index (χ3v) is 5.50. The lowest BCUT2D eigenvalue weighted by atomic mass is 10.0. The third kappa shape index (κ3) is 6.53. The predicted molar refractivity (Wildman–Crippen MR) is 130 cm³/mol. The fourth-order valence-corrected chi connectivity index (χ4v) is 3.57. The van der Waals surface area contributed by atoms with Gasteiger partial charge in [0.2, 0.25) is 0 Å². The van der Waals surface area contributed by atoms with E-state index in [4.69, 9.17) is 4.98 Å². The van der Waals surface area contributed by atoms with Crippen molar-refractivity contribution in [2.24, 2.45) is 4.99 Å². The van der Waals surface area contributed by atoms with Gasteiger partial charge in [0.25, 0.3) is 0 Å². The Morgan fingerprint density at radius 3 is 2.52 bits per heavy atom. The van der Waals surface area contributed by atoms with Crippen LogP contribution in [0.1, 0.15) is 34.3 Å². The van der Waals surface area contributed by atoms with Crippen LogP contribution in [-0.4, -0.2) is 34.8 Å². The molecule has 0 aliphatic heterocycles. The molecule has 0 bridgehead atoms. The van der Waals surface area contributed by atoms with Crippen LogP contribution in [-0.2, 0) is 6.42 Å². The summed E-state index contributed by atoms with van der Waals surface area (Å²) in [4.78, 5) is 15.9. The molecule has 0 spiro atoms. The van der Waals surface area contributed by atoms with Crippen LogP contribution in [0.3, 0.4) is 0 Å². The van der Waals surface area contributed by atoms with Gasteiger partial charge in [0, 0.05) is 42.8 Å². The van der Waals surface area contributed by atoms with Gasteiger partial charge in [-0.1, -0.05) is 6.07 Å². The molecule has 1 aromatic carbocycles.